The van der Waals surface area contributed by atoms with Crippen molar-refractivity contribution in [2.75, 3.05) is 14.1 Å². The van der Waals surface area contributed by atoms with Gasteiger partial charge in [-0.1, -0.05) is 30.3 Å². The van der Waals surface area contributed by atoms with Crippen molar-refractivity contribution in [3.63, 3.8) is 0 Å². The number of likely N-dealkylation sites (N-methyl/N-ethyl adjacent to an activating group) is 1. The van der Waals surface area contributed by atoms with Crippen LogP contribution in [0.5, 0.6) is 0 Å². The first-order valence-electron chi connectivity index (χ1n) is 6.66. The van der Waals surface area contributed by atoms with Crippen LogP contribution in [0.15, 0.2) is 42.5 Å². The molecule has 0 aliphatic carbocycles. The van der Waals surface area contributed by atoms with Crippen LogP contribution in [-0.4, -0.2) is 30.9 Å². The molecule has 1 heterocycles. The van der Waals surface area contributed by atoms with E-state index in [-0.39, 0.29) is 11.9 Å². The van der Waals surface area contributed by atoms with E-state index in [1.807, 2.05) is 25.1 Å². The summed E-state index contributed by atoms with van der Waals surface area (Å²) >= 11 is 1.76. The molecule has 2 aromatic rings. The number of rotatable bonds is 5. The summed E-state index contributed by atoms with van der Waals surface area (Å²) in [6.45, 7) is 2.62. The molecule has 0 radical (unpaired) electrons. The van der Waals surface area contributed by atoms with Gasteiger partial charge in [0.1, 0.15) is 0 Å². The summed E-state index contributed by atoms with van der Waals surface area (Å²) in [6, 6.07) is 14.4. The Kier molecular flexibility index (Phi) is 4.93. The van der Waals surface area contributed by atoms with Gasteiger partial charge in [0.25, 0.3) is 0 Å². The minimum absolute atomic E-state index is 0.102. The Labute approximate surface area is 124 Å². The van der Waals surface area contributed by atoms with E-state index < -0.39 is 0 Å². The molecule has 1 amide bonds. The topological polar surface area (TPSA) is 32.3 Å². The number of carbonyl (C=O) groups excluding carboxylic acids is 1. The smallest absolute Gasteiger partial charge is 0.238 e. The SMILES string of the molecule is CC(NCc1ccc(-c2ccccc2)s1)C(=O)N(C)C. The number of thiophene rings is 1. The normalized spacial score (nSPS) is 12.2. The van der Waals surface area contributed by atoms with Gasteiger partial charge in [-0.3, -0.25) is 4.79 Å². The average Bonchev–Trinajstić information content (AvgIpc) is 2.93. The van der Waals surface area contributed by atoms with Crippen LogP contribution in [-0.2, 0) is 11.3 Å². The summed E-state index contributed by atoms with van der Waals surface area (Å²) in [5.74, 6) is 0.102. The summed E-state index contributed by atoms with van der Waals surface area (Å²) in [6.07, 6.45) is 0. The monoisotopic (exact) mass is 288 g/mol. The van der Waals surface area contributed by atoms with Gasteiger partial charge < -0.3 is 10.2 Å². The molecule has 1 aromatic carbocycles. The quantitative estimate of drug-likeness (QED) is 0.917. The second-order valence-corrected chi connectivity index (χ2v) is 6.14. The summed E-state index contributed by atoms with van der Waals surface area (Å²) in [7, 11) is 3.55. The Balaban J connectivity index is 1.95. The third-order valence-corrected chi connectivity index (χ3v) is 4.25. The van der Waals surface area contributed by atoms with Crippen molar-refractivity contribution < 1.29 is 4.79 Å². The molecule has 1 aromatic heterocycles. The van der Waals surface area contributed by atoms with Gasteiger partial charge in [-0.2, -0.15) is 0 Å². The molecule has 0 bridgehead atoms. The highest BCUT2D eigenvalue weighted by molar-refractivity contribution is 7.15. The average molecular weight is 288 g/mol. The predicted octanol–water partition coefficient (Wildman–Crippen LogP) is 2.98. The molecular weight excluding hydrogens is 268 g/mol. The highest BCUT2D eigenvalue weighted by atomic mass is 32.1. The number of benzene rings is 1. The third kappa shape index (κ3) is 3.68. The predicted molar refractivity (Wildman–Crippen MR) is 84.8 cm³/mol. The first-order valence-corrected chi connectivity index (χ1v) is 7.48. The zero-order valence-electron chi connectivity index (χ0n) is 12.1. The number of amides is 1. The summed E-state index contributed by atoms with van der Waals surface area (Å²) in [5.41, 5.74) is 1.24. The van der Waals surface area contributed by atoms with E-state index >= 15 is 0 Å². The molecule has 0 fully saturated rings. The van der Waals surface area contributed by atoms with E-state index in [4.69, 9.17) is 0 Å². The van der Waals surface area contributed by atoms with Crippen LogP contribution in [0.3, 0.4) is 0 Å². The molecule has 0 aliphatic heterocycles. The molecule has 1 unspecified atom stereocenters. The van der Waals surface area contributed by atoms with Crippen LogP contribution in [0.1, 0.15) is 11.8 Å². The Bertz CT molecular complexity index is 563. The molecule has 0 saturated carbocycles. The molecule has 20 heavy (non-hydrogen) atoms. The Morgan fingerprint density at radius 1 is 1.20 bits per heavy atom. The molecule has 3 nitrogen and oxygen atoms in total. The Morgan fingerprint density at radius 3 is 2.55 bits per heavy atom. The van der Waals surface area contributed by atoms with Crippen LogP contribution in [0, 0.1) is 0 Å². The van der Waals surface area contributed by atoms with Crippen LogP contribution in [0.2, 0.25) is 0 Å². The fourth-order valence-corrected chi connectivity index (χ4v) is 2.92. The standard InChI is InChI=1S/C16H20N2OS/c1-12(16(19)18(2)3)17-11-14-9-10-15(20-14)13-7-5-4-6-8-13/h4-10,12,17H,11H2,1-3H3. The van der Waals surface area contributed by atoms with Crippen molar-refractivity contribution in [1.82, 2.24) is 10.2 Å². The fraction of sp³-hybridized carbons (Fsp3) is 0.312. The molecule has 1 N–H and O–H groups in total. The lowest BCUT2D eigenvalue weighted by atomic mass is 10.2. The molecule has 2 rings (SSSR count). The van der Waals surface area contributed by atoms with Crippen molar-refractivity contribution in [3.8, 4) is 10.4 Å². The second kappa shape index (κ2) is 6.68. The van der Waals surface area contributed by atoms with Crippen molar-refractivity contribution >= 4 is 17.2 Å². The summed E-state index contributed by atoms with van der Waals surface area (Å²) in [4.78, 5) is 15.9. The minimum Gasteiger partial charge on any atom is -0.347 e. The maximum atomic E-state index is 11.8. The van der Waals surface area contributed by atoms with E-state index in [0.29, 0.717) is 0 Å². The van der Waals surface area contributed by atoms with Crippen molar-refractivity contribution in [1.29, 1.82) is 0 Å². The van der Waals surface area contributed by atoms with Crippen LogP contribution in [0.25, 0.3) is 10.4 Å². The first-order chi connectivity index (χ1) is 9.58. The van der Waals surface area contributed by atoms with E-state index in [1.165, 1.54) is 15.3 Å². The van der Waals surface area contributed by atoms with Crippen LogP contribution < -0.4 is 5.32 Å². The fourth-order valence-electron chi connectivity index (χ4n) is 1.96. The molecule has 0 spiro atoms. The van der Waals surface area contributed by atoms with E-state index in [1.54, 1.807) is 30.3 Å². The summed E-state index contributed by atoms with van der Waals surface area (Å²) < 4.78 is 0. The summed E-state index contributed by atoms with van der Waals surface area (Å²) in [5, 5.41) is 3.26. The number of carbonyl (C=O) groups is 1. The Hall–Kier alpha value is -1.65. The zero-order valence-corrected chi connectivity index (χ0v) is 12.9. The van der Waals surface area contributed by atoms with Crippen LogP contribution >= 0.6 is 11.3 Å². The minimum atomic E-state index is -0.160. The van der Waals surface area contributed by atoms with E-state index in [9.17, 15) is 4.79 Å². The van der Waals surface area contributed by atoms with Gasteiger partial charge in [0, 0.05) is 30.4 Å². The van der Waals surface area contributed by atoms with Gasteiger partial charge in [-0.25, -0.2) is 0 Å². The van der Waals surface area contributed by atoms with Gasteiger partial charge in [0.2, 0.25) is 5.91 Å². The lowest BCUT2D eigenvalue weighted by Crippen LogP contribution is -2.40. The molecular formula is C16H20N2OS. The van der Waals surface area contributed by atoms with Crippen molar-refractivity contribution in [3.05, 3.63) is 47.3 Å². The lowest BCUT2D eigenvalue weighted by Gasteiger charge is -2.17. The highest BCUT2D eigenvalue weighted by Crippen LogP contribution is 2.27. The molecule has 0 aliphatic rings. The first kappa shape index (κ1) is 14.8. The maximum absolute atomic E-state index is 11.8. The molecule has 1 atom stereocenters. The van der Waals surface area contributed by atoms with E-state index in [0.717, 1.165) is 6.54 Å². The number of nitrogens with zero attached hydrogens (tertiary/aromatic N) is 1. The van der Waals surface area contributed by atoms with Gasteiger partial charge in [-0.15, -0.1) is 11.3 Å². The lowest BCUT2D eigenvalue weighted by molar-refractivity contribution is -0.130. The molecule has 106 valence electrons. The number of nitrogens with one attached hydrogen (secondary N) is 1. The second-order valence-electron chi connectivity index (χ2n) is 4.97. The molecule has 4 heteroatoms. The van der Waals surface area contributed by atoms with Crippen molar-refractivity contribution in [2.24, 2.45) is 0 Å². The third-order valence-electron chi connectivity index (χ3n) is 3.11. The van der Waals surface area contributed by atoms with Gasteiger partial charge in [-0.05, 0) is 24.6 Å². The van der Waals surface area contributed by atoms with Gasteiger partial charge in [0.15, 0.2) is 0 Å². The Morgan fingerprint density at radius 2 is 1.90 bits per heavy atom. The number of hydrogen-bond acceptors (Lipinski definition) is 3. The van der Waals surface area contributed by atoms with Crippen LogP contribution in [0.4, 0.5) is 0 Å². The largest absolute Gasteiger partial charge is 0.347 e. The number of hydrogen-bond donors (Lipinski definition) is 1. The van der Waals surface area contributed by atoms with Gasteiger partial charge >= 0.3 is 0 Å². The van der Waals surface area contributed by atoms with E-state index in [2.05, 4.69) is 29.6 Å². The highest BCUT2D eigenvalue weighted by Gasteiger charge is 2.14. The zero-order chi connectivity index (χ0) is 14.5. The van der Waals surface area contributed by atoms with Crippen molar-refractivity contribution in [2.45, 2.75) is 19.5 Å². The van der Waals surface area contributed by atoms with Gasteiger partial charge in [0.05, 0.1) is 6.04 Å². The maximum Gasteiger partial charge on any atom is 0.238 e. The molecule has 0 saturated heterocycles.